The number of urea groups is 1. The minimum atomic E-state index is -0.701. The lowest BCUT2D eigenvalue weighted by atomic mass is 10.3. The number of amides is 3. The fraction of sp³-hybridized carbons (Fsp3) is 0. The molecule has 0 aliphatic rings. The summed E-state index contributed by atoms with van der Waals surface area (Å²) in [6.07, 6.45) is 3.14. The third-order valence-corrected chi connectivity index (χ3v) is 2.90. The maximum Gasteiger partial charge on any atom is 0.317 e. The minimum Gasteiger partial charge on any atom is -0.351 e. The molecular weight excluding hydrogens is 252 g/mol. The summed E-state index contributed by atoms with van der Waals surface area (Å²) in [6.45, 7) is 0. The molecule has 0 aliphatic carbocycles. The molecule has 2 rings (SSSR count). The molecule has 0 unspecified atom stereocenters. The van der Waals surface area contributed by atoms with Gasteiger partial charge in [-0.2, -0.15) is 0 Å². The van der Waals surface area contributed by atoms with Gasteiger partial charge in [0.05, 0.1) is 17.4 Å². The van der Waals surface area contributed by atoms with Gasteiger partial charge in [0, 0.05) is 6.20 Å². The second-order valence-electron chi connectivity index (χ2n) is 3.35. The molecule has 7 heteroatoms. The number of carbonyl (C=O) groups is 2. The lowest BCUT2D eigenvalue weighted by Crippen LogP contribution is -2.21. The molecule has 0 aromatic carbocycles. The van der Waals surface area contributed by atoms with Crippen molar-refractivity contribution in [2.24, 2.45) is 5.73 Å². The van der Waals surface area contributed by atoms with E-state index in [-0.39, 0.29) is 5.91 Å². The van der Waals surface area contributed by atoms with Crippen LogP contribution in [-0.2, 0) is 0 Å². The van der Waals surface area contributed by atoms with Crippen LogP contribution in [-0.4, -0.2) is 16.9 Å². The van der Waals surface area contributed by atoms with E-state index in [2.05, 4.69) is 15.6 Å². The number of pyridine rings is 1. The molecule has 0 fully saturated rings. The molecule has 2 aromatic rings. The fourth-order valence-electron chi connectivity index (χ4n) is 1.33. The van der Waals surface area contributed by atoms with Crippen LogP contribution in [0.3, 0.4) is 0 Å². The number of primary amides is 1. The summed E-state index contributed by atoms with van der Waals surface area (Å²) in [6, 6.07) is 4.35. The second-order valence-corrected chi connectivity index (χ2v) is 4.26. The van der Waals surface area contributed by atoms with Gasteiger partial charge in [-0.1, -0.05) is 0 Å². The van der Waals surface area contributed by atoms with E-state index in [0.29, 0.717) is 16.3 Å². The number of rotatable bonds is 3. The normalized spacial score (nSPS) is 9.78. The highest BCUT2D eigenvalue weighted by Gasteiger charge is 2.14. The Labute approximate surface area is 107 Å². The quantitative estimate of drug-likeness (QED) is 0.787. The Bertz CT molecular complexity index is 567. The second kappa shape index (κ2) is 5.28. The average molecular weight is 262 g/mol. The Morgan fingerprint density at radius 1 is 1.28 bits per heavy atom. The van der Waals surface area contributed by atoms with Crippen molar-refractivity contribution in [3.8, 4) is 0 Å². The van der Waals surface area contributed by atoms with Gasteiger partial charge in [-0.05, 0) is 23.6 Å². The predicted molar refractivity (Wildman–Crippen MR) is 69.7 cm³/mol. The van der Waals surface area contributed by atoms with E-state index in [4.69, 9.17) is 5.73 Å². The lowest BCUT2D eigenvalue weighted by Gasteiger charge is -2.05. The highest BCUT2D eigenvalue weighted by molar-refractivity contribution is 7.14. The number of nitrogens with one attached hydrogen (secondary N) is 2. The van der Waals surface area contributed by atoms with E-state index in [0.717, 1.165) is 0 Å². The minimum absolute atomic E-state index is 0.326. The SMILES string of the molecule is NC(=O)Nc1sccc1C(=O)Nc1cccnc1. The maximum absolute atomic E-state index is 12.0. The number of thiophene rings is 1. The number of nitrogens with zero attached hydrogens (tertiary/aromatic N) is 1. The molecule has 0 bridgehead atoms. The summed E-state index contributed by atoms with van der Waals surface area (Å²) < 4.78 is 0. The van der Waals surface area contributed by atoms with E-state index < -0.39 is 6.03 Å². The van der Waals surface area contributed by atoms with Crippen molar-refractivity contribution in [1.82, 2.24) is 4.98 Å². The predicted octanol–water partition coefficient (Wildman–Crippen LogP) is 1.89. The Morgan fingerprint density at radius 3 is 2.78 bits per heavy atom. The number of hydrogen-bond acceptors (Lipinski definition) is 4. The first-order valence-electron chi connectivity index (χ1n) is 5.02. The molecule has 6 nitrogen and oxygen atoms in total. The zero-order chi connectivity index (χ0) is 13.0. The molecule has 0 spiro atoms. The summed E-state index contributed by atoms with van der Waals surface area (Å²) in [7, 11) is 0. The van der Waals surface area contributed by atoms with Gasteiger partial charge in [0.1, 0.15) is 5.00 Å². The summed E-state index contributed by atoms with van der Waals surface area (Å²) in [5.41, 5.74) is 5.97. The van der Waals surface area contributed by atoms with Crippen molar-refractivity contribution in [2.75, 3.05) is 10.6 Å². The number of aromatic nitrogens is 1. The first-order valence-corrected chi connectivity index (χ1v) is 5.90. The third-order valence-electron chi connectivity index (χ3n) is 2.07. The van der Waals surface area contributed by atoms with Gasteiger partial charge in [0.25, 0.3) is 5.91 Å². The summed E-state index contributed by atoms with van der Waals surface area (Å²) in [4.78, 5) is 26.6. The molecular formula is C11H10N4O2S. The topological polar surface area (TPSA) is 97.1 Å². The van der Waals surface area contributed by atoms with Crippen LogP contribution in [0.25, 0.3) is 0 Å². The van der Waals surface area contributed by atoms with Crippen LogP contribution < -0.4 is 16.4 Å². The number of carbonyl (C=O) groups excluding carboxylic acids is 2. The van der Waals surface area contributed by atoms with Crippen molar-refractivity contribution in [3.63, 3.8) is 0 Å². The largest absolute Gasteiger partial charge is 0.351 e. The van der Waals surface area contributed by atoms with Gasteiger partial charge in [0.15, 0.2) is 0 Å². The molecule has 4 N–H and O–H groups in total. The first-order chi connectivity index (χ1) is 8.66. The van der Waals surface area contributed by atoms with Crippen molar-refractivity contribution >= 4 is 34.0 Å². The zero-order valence-corrected chi connectivity index (χ0v) is 10.0. The van der Waals surface area contributed by atoms with E-state index in [1.807, 2.05) is 0 Å². The van der Waals surface area contributed by atoms with Crippen molar-refractivity contribution in [2.45, 2.75) is 0 Å². The van der Waals surface area contributed by atoms with Crippen LogP contribution in [0.2, 0.25) is 0 Å². The lowest BCUT2D eigenvalue weighted by molar-refractivity contribution is 0.102. The van der Waals surface area contributed by atoms with Gasteiger partial charge in [0.2, 0.25) is 0 Å². The van der Waals surface area contributed by atoms with Crippen molar-refractivity contribution in [1.29, 1.82) is 0 Å². The van der Waals surface area contributed by atoms with E-state index >= 15 is 0 Å². The first kappa shape index (κ1) is 12.1. The molecule has 3 amide bonds. The van der Waals surface area contributed by atoms with Gasteiger partial charge in [-0.3, -0.25) is 15.1 Å². The van der Waals surface area contributed by atoms with Crippen LogP contribution in [0.15, 0.2) is 36.0 Å². The van der Waals surface area contributed by atoms with Gasteiger partial charge in [-0.25, -0.2) is 4.79 Å². The van der Waals surface area contributed by atoms with Crippen molar-refractivity contribution in [3.05, 3.63) is 41.5 Å². The van der Waals surface area contributed by atoms with Gasteiger partial charge in [-0.15, -0.1) is 11.3 Å². The number of hydrogen-bond donors (Lipinski definition) is 3. The van der Waals surface area contributed by atoms with Crippen LogP contribution in [0.4, 0.5) is 15.5 Å². The Morgan fingerprint density at radius 2 is 2.11 bits per heavy atom. The fourth-order valence-corrected chi connectivity index (χ4v) is 2.12. The molecule has 0 radical (unpaired) electrons. The highest BCUT2D eigenvalue weighted by Crippen LogP contribution is 2.23. The molecule has 0 atom stereocenters. The van der Waals surface area contributed by atoms with E-state index in [9.17, 15) is 9.59 Å². The van der Waals surface area contributed by atoms with Gasteiger partial charge >= 0.3 is 6.03 Å². The monoisotopic (exact) mass is 262 g/mol. The highest BCUT2D eigenvalue weighted by atomic mass is 32.1. The molecule has 92 valence electrons. The Hall–Kier alpha value is -2.41. The molecule has 2 heterocycles. The van der Waals surface area contributed by atoms with E-state index in [1.165, 1.54) is 17.5 Å². The van der Waals surface area contributed by atoms with Crippen LogP contribution >= 0.6 is 11.3 Å². The van der Waals surface area contributed by atoms with E-state index in [1.54, 1.807) is 29.8 Å². The summed E-state index contributed by atoms with van der Waals surface area (Å²) in [5.74, 6) is -0.326. The third kappa shape index (κ3) is 2.83. The number of nitrogens with two attached hydrogens (primary N) is 1. The van der Waals surface area contributed by atoms with Crippen LogP contribution in [0.1, 0.15) is 10.4 Å². The molecule has 18 heavy (non-hydrogen) atoms. The molecule has 0 aliphatic heterocycles. The van der Waals surface area contributed by atoms with Gasteiger partial charge < -0.3 is 11.1 Å². The maximum atomic E-state index is 12.0. The van der Waals surface area contributed by atoms with Crippen LogP contribution in [0.5, 0.6) is 0 Å². The molecule has 0 saturated heterocycles. The molecule has 0 saturated carbocycles. The number of anilines is 2. The average Bonchev–Trinajstić information content (AvgIpc) is 2.77. The smallest absolute Gasteiger partial charge is 0.317 e. The molecule has 2 aromatic heterocycles. The summed E-state index contributed by atoms with van der Waals surface area (Å²) >= 11 is 1.23. The summed E-state index contributed by atoms with van der Waals surface area (Å²) in [5, 5.41) is 7.19. The zero-order valence-electron chi connectivity index (χ0n) is 9.21. The van der Waals surface area contributed by atoms with Crippen LogP contribution in [0, 0.1) is 0 Å². The standard InChI is InChI=1S/C11H10N4O2S/c12-11(17)15-10-8(3-5-18-10)9(16)14-7-2-1-4-13-6-7/h1-6H,(H,14,16)(H3,12,15,17). The Kier molecular flexibility index (Phi) is 3.54. The Balaban J connectivity index is 2.14. The van der Waals surface area contributed by atoms with Crippen molar-refractivity contribution < 1.29 is 9.59 Å².